The Kier molecular flexibility index (Phi) is 2.98. The molecule has 0 saturated carbocycles. The number of aromatic amines is 1. The van der Waals surface area contributed by atoms with Gasteiger partial charge in [0, 0.05) is 6.92 Å². The van der Waals surface area contributed by atoms with Crippen molar-refractivity contribution >= 4 is 17.0 Å². The van der Waals surface area contributed by atoms with Crippen LogP contribution in [0.1, 0.15) is 20.8 Å². The van der Waals surface area contributed by atoms with Crippen molar-refractivity contribution in [3.05, 3.63) is 34.7 Å². The summed E-state index contributed by atoms with van der Waals surface area (Å²) in [5, 5.41) is 0. The van der Waals surface area contributed by atoms with E-state index in [1.54, 1.807) is 18.4 Å². The Bertz CT molecular complexity index is 637. The van der Waals surface area contributed by atoms with Gasteiger partial charge in [-0.15, -0.1) is 0 Å². The van der Waals surface area contributed by atoms with E-state index in [9.17, 15) is 9.59 Å². The summed E-state index contributed by atoms with van der Waals surface area (Å²) >= 11 is 0. The molecule has 0 aliphatic carbocycles. The van der Waals surface area contributed by atoms with Crippen LogP contribution in [0.25, 0.3) is 11.0 Å². The number of nitrogens with one attached hydrogen (secondary N) is 1. The van der Waals surface area contributed by atoms with E-state index in [1.165, 1.54) is 6.92 Å². The van der Waals surface area contributed by atoms with E-state index in [2.05, 4.69) is 4.98 Å². The van der Waals surface area contributed by atoms with Gasteiger partial charge in [-0.05, 0) is 26.0 Å². The zero-order valence-electron chi connectivity index (χ0n) is 10.7. The van der Waals surface area contributed by atoms with Gasteiger partial charge in [-0.25, -0.2) is 4.79 Å². The van der Waals surface area contributed by atoms with Crippen LogP contribution in [0.15, 0.2) is 29.1 Å². The van der Waals surface area contributed by atoms with Crippen LogP contribution in [-0.2, 0) is 16.1 Å². The summed E-state index contributed by atoms with van der Waals surface area (Å²) in [6, 6.07) is 7.42. The van der Waals surface area contributed by atoms with Crippen molar-refractivity contribution in [3.8, 4) is 0 Å². The van der Waals surface area contributed by atoms with Crippen molar-refractivity contribution in [2.24, 2.45) is 0 Å². The number of hydrogen-bond donors (Lipinski definition) is 1. The highest BCUT2D eigenvalue weighted by Crippen LogP contribution is 2.16. The molecular formula is C13H16N2O3. The number of rotatable bonds is 3. The Hall–Kier alpha value is -2.04. The van der Waals surface area contributed by atoms with E-state index >= 15 is 0 Å². The molecule has 1 aromatic carbocycles. The molecule has 1 heterocycles. The largest absolute Gasteiger partial charge is 0.458 e. The normalized spacial score (nSPS) is 11.7. The number of carbonyl (C=O) groups excluding carboxylic acids is 1. The van der Waals surface area contributed by atoms with Gasteiger partial charge in [0.05, 0.1) is 17.6 Å². The van der Waals surface area contributed by atoms with E-state index in [1.807, 2.05) is 24.3 Å². The lowest BCUT2D eigenvalue weighted by molar-refractivity contribution is -0.154. The zero-order chi connectivity index (χ0) is 13.3. The van der Waals surface area contributed by atoms with Gasteiger partial charge in [-0.1, -0.05) is 12.1 Å². The lowest BCUT2D eigenvalue weighted by Gasteiger charge is -2.24. The lowest BCUT2D eigenvalue weighted by atomic mass is 10.1. The highest BCUT2D eigenvalue weighted by molar-refractivity contribution is 5.75. The summed E-state index contributed by atoms with van der Waals surface area (Å²) in [6.07, 6.45) is 0. The predicted octanol–water partition coefficient (Wildman–Crippen LogP) is 1.67. The number of esters is 1. The first-order chi connectivity index (χ1) is 8.39. The maximum atomic E-state index is 11.9. The number of carbonyl (C=O) groups is 1. The monoisotopic (exact) mass is 248 g/mol. The minimum absolute atomic E-state index is 0.198. The standard InChI is InChI=1S/C13H16N2O3/c1-9(16)18-13(2,3)8-15-11-7-5-4-6-10(11)14-12(15)17/h4-7H,8H2,1-3H3,(H,14,17). The second-order valence-corrected chi connectivity index (χ2v) is 4.89. The Morgan fingerprint density at radius 1 is 1.39 bits per heavy atom. The first kappa shape index (κ1) is 12.4. The van der Waals surface area contributed by atoms with E-state index in [0.717, 1.165) is 11.0 Å². The predicted molar refractivity (Wildman–Crippen MR) is 68.4 cm³/mol. The first-order valence-electron chi connectivity index (χ1n) is 5.76. The summed E-state index contributed by atoms with van der Waals surface area (Å²) < 4.78 is 6.78. The molecular weight excluding hydrogens is 232 g/mol. The lowest BCUT2D eigenvalue weighted by Crippen LogP contribution is -2.35. The highest BCUT2D eigenvalue weighted by Gasteiger charge is 2.23. The first-order valence-corrected chi connectivity index (χ1v) is 5.76. The third-order valence-corrected chi connectivity index (χ3v) is 2.64. The molecule has 2 rings (SSSR count). The summed E-state index contributed by atoms with van der Waals surface area (Å²) in [7, 11) is 0. The molecule has 5 nitrogen and oxygen atoms in total. The Morgan fingerprint density at radius 2 is 2.06 bits per heavy atom. The van der Waals surface area contributed by atoms with Crippen LogP contribution in [0.5, 0.6) is 0 Å². The molecule has 0 radical (unpaired) electrons. The summed E-state index contributed by atoms with van der Waals surface area (Å²) in [5.41, 5.74) is 0.668. The van der Waals surface area contributed by atoms with Gasteiger partial charge in [0.2, 0.25) is 0 Å². The highest BCUT2D eigenvalue weighted by atomic mass is 16.6. The average Bonchev–Trinajstić information content (AvgIpc) is 2.53. The minimum atomic E-state index is -0.722. The Balaban J connectivity index is 2.40. The molecule has 0 bridgehead atoms. The van der Waals surface area contributed by atoms with E-state index in [4.69, 9.17) is 4.74 Å². The molecule has 2 aromatic rings. The number of H-pyrrole nitrogens is 1. The quantitative estimate of drug-likeness (QED) is 0.840. The number of hydrogen-bond acceptors (Lipinski definition) is 3. The second kappa shape index (κ2) is 4.33. The van der Waals surface area contributed by atoms with Gasteiger partial charge in [-0.3, -0.25) is 9.36 Å². The van der Waals surface area contributed by atoms with Gasteiger partial charge in [-0.2, -0.15) is 0 Å². The van der Waals surface area contributed by atoms with Crippen LogP contribution < -0.4 is 5.69 Å². The summed E-state index contributed by atoms with van der Waals surface area (Å²) in [4.78, 5) is 25.7. The second-order valence-electron chi connectivity index (χ2n) is 4.89. The molecule has 0 fully saturated rings. The number of aromatic nitrogens is 2. The van der Waals surface area contributed by atoms with E-state index < -0.39 is 5.60 Å². The molecule has 96 valence electrons. The number of nitrogens with zero attached hydrogens (tertiary/aromatic N) is 1. The number of imidazole rings is 1. The van der Waals surface area contributed by atoms with Gasteiger partial charge < -0.3 is 9.72 Å². The molecule has 1 aromatic heterocycles. The van der Waals surface area contributed by atoms with Crippen molar-refractivity contribution in [1.29, 1.82) is 0 Å². The van der Waals surface area contributed by atoms with Crippen molar-refractivity contribution in [2.75, 3.05) is 0 Å². The van der Waals surface area contributed by atoms with E-state index in [-0.39, 0.29) is 11.7 Å². The SMILES string of the molecule is CC(=O)OC(C)(C)Cn1c(=O)[nH]c2ccccc21. The van der Waals surface area contributed by atoms with Crippen molar-refractivity contribution in [2.45, 2.75) is 32.9 Å². The number of para-hydroxylation sites is 2. The molecule has 0 atom stereocenters. The molecule has 5 heteroatoms. The van der Waals surface area contributed by atoms with Crippen LogP contribution in [0.3, 0.4) is 0 Å². The van der Waals surface area contributed by atoms with Crippen molar-refractivity contribution in [1.82, 2.24) is 9.55 Å². The zero-order valence-corrected chi connectivity index (χ0v) is 10.7. The molecule has 0 saturated heterocycles. The minimum Gasteiger partial charge on any atom is -0.458 e. The molecule has 0 aliphatic heterocycles. The molecule has 0 aliphatic rings. The van der Waals surface area contributed by atoms with Crippen LogP contribution in [-0.4, -0.2) is 21.1 Å². The van der Waals surface area contributed by atoms with Crippen LogP contribution in [0.2, 0.25) is 0 Å². The fourth-order valence-corrected chi connectivity index (χ4v) is 2.07. The maximum Gasteiger partial charge on any atom is 0.326 e. The molecule has 0 spiro atoms. The summed E-state index contributed by atoms with van der Waals surface area (Å²) in [6.45, 7) is 5.24. The smallest absolute Gasteiger partial charge is 0.326 e. The molecule has 18 heavy (non-hydrogen) atoms. The average molecular weight is 248 g/mol. The topological polar surface area (TPSA) is 64.1 Å². The van der Waals surface area contributed by atoms with Crippen LogP contribution in [0.4, 0.5) is 0 Å². The molecule has 1 N–H and O–H groups in total. The van der Waals surface area contributed by atoms with Crippen LogP contribution >= 0.6 is 0 Å². The molecule has 0 unspecified atom stereocenters. The van der Waals surface area contributed by atoms with Crippen LogP contribution in [0, 0.1) is 0 Å². The van der Waals surface area contributed by atoms with Gasteiger partial charge in [0.1, 0.15) is 5.60 Å². The third-order valence-electron chi connectivity index (χ3n) is 2.64. The Morgan fingerprint density at radius 3 is 2.72 bits per heavy atom. The number of ether oxygens (including phenoxy) is 1. The van der Waals surface area contributed by atoms with E-state index in [0.29, 0.717) is 6.54 Å². The van der Waals surface area contributed by atoms with Gasteiger partial charge in [0.15, 0.2) is 0 Å². The summed E-state index contributed by atoms with van der Waals surface area (Å²) in [5.74, 6) is -0.354. The fraction of sp³-hybridized carbons (Fsp3) is 0.385. The molecule has 0 amide bonds. The van der Waals surface area contributed by atoms with Gasteiger partial charge >= 0.3 is 11.7 Å². The fourth-order valence-electron chi connectivity index (χ4n) is 2.07. The van der Waals surface area contributed by atoms with Crippen molar-refractivity contribution in [3.63, 3.8) is 0 Å². The van der Waals surface area contributed by atoms with Gasteiger partial charge in [0.25, 0.3) is 0 Å². The maximum absolute atomic E-state index is 11.9. The van der Waals surface area contributed by atoms with Crippen molar-refractivity contribution < 1.29 is 9.53 Å². The number of fused-ring (bicyclic) bond motifs is 1. The number of benzene rings is 1. The third kappa shape index (κ3) is 2.45. The Labute approximate surface area is 104 Å².